The molecule has 0 amide bonds. The molecule has 0 saturated carbocycles. The summed E-state index contributed by atoms with van der Waals surface area (Å²) in [6.45, 7) is 0. The van der Waals surface area contributed by atoms with E-state index < -0.39 is 12.0 Å². The van der Waals surface area contributed by atoms with Crippen LogP contribution in [0.1, 0.15) is 11.7 Å². The van der Waals surface area contributed by atoms with Crippen LogP contribution in [0.4, 0.5) is 0 Å². The van der Waals surface area contributed by atoms with Crippen molar-refractivity contribution in [3.8, 4) is 5.75 Å². The van der Waals surface area contributed by atoms with Crippen molar-refractivity contribution < 1.29 is 14.6 Å². The van der Waals surface area contributed by atoms with Crippen molar-refractivity contribution in [1.82, 2.24) is 4.98 Å². The van der Waals surface area contributed by atoms with Gasteiger partial charge in [-0.1, -0.05) is 0 Å². The summed E-state index contributed by atoms with van der Waals surface area (Å²) in [5.74, 6) is -0.567. The molecule has 13 heavy (non-hydrogen) atoms. The maximum Gasteiger partial charge on any atom is 0.326 e. The molecule has 1 rings (SSSR count). The van der Waals surface area contributed by atoms with Gasteiger partial charge in [-0.05, 0) is 6.07 Å². The largest absolute Gasteiger partial charge is 0.497 e. The van der Waals surface area contributed by atoms with Gasteiger partial charge in [-0.25, -0.2) is 0 Å². The first-order valence-corrected chi connectivity index (χ1v) is 3.63. The molecule has 1 aromatic rings. The Balaban J connectivity index is 2.94. The SMILES string of the molecule is COc1ccnc(C(N)C(=O)O)c1. The number of nitrogens with zero attached hydrogens (tertiary/aromatic N) is 1. The van der Waals surface area contributed by atoms with Crippen molar-refractivity contribution in [3.05, 3.63) is 24.0 Å². The zero-order valence-corrected chi connectivity index (χ0v) is 7.10. The highest BCUT2D eigenvalue weighted by Crippen LogP contribution is 2.14. The van der Waals surface area contributed by atoms with E-state index in [1.54, 1.807) is 6.07 Å². The lowest BCUT2D eigenvalue weighted by molar-refractivity contribution is -0.138. The molecule has 1 aromatic heterocycles. The van der Waals surface area contributed by atoms with Crippen LogP contribution < -0.4 is 10.5 Å². The lowest BCUT2D eigenvalue weighted by atomic mass is 10.2. The summed E-state index contributed by atoms with van der Waals surface area (Å²) in [6.07, 6.45) is 1.46. The van der Waals surface area contributed by atoms with E-state index in [2.05, 4.69) is 4.98 Å². The molecule has 3 N–H and O–H groups in total. The highest BCUT2D eigenvalue weighted by molar-refractivity contribution is 5.74. The van der Waals surface area contributed by atoms with Crippen LogP contribution in [-0.4, -0.2) is 23.2 Å². The Kier molecular flexibility index (Phi) is 2.81. The number of carboxylic acids is 1. The Morgan fingerprint density at radius 1 is 1.77 bits per heavy atom. The van der Waals surface area contributed by atoms with Crippen molar-refractivity contribution >= 4 is 5.97 Å². The number of hydrogen-bond acceptors (Lipinski definition) is 4. The highest BCUT2D eigenvalue weighted by Gasteiger charge is 2.15. The predicted octanol–water partition coefficient (Wildman–Crippen LogP) is 0.175. The Hall–Kier alpha value is -1.62. The van der Waals surface area contributed by atoms with Gasteiger partial charge in [0.05, 0.1) is 12.8 Å². The number of pyridine rings is 1. The summed E-state index contributed by atoms with van der Waals surface area (Å²) >= 11 is 0. The standard InChI is InChI=1S/C8H10N2O3/c1-13-5-2-3-10-6(4-5)7(9)8(11)12/h2-4,7H,9H2,1H3,(H,11,12). The third kappa shape index (κ3) is 2.16. The van der Waals surface area contributed by atoms with E-state index in [-0.39, 0.29) is 5.69 Å². The van der Waals surface area contributed by atoms with Gasteiger partial charge < -0.3 is 15.6 Å². The van der Waals surface area contributed by atoms with Gasteiger partial charge >= 0.3 is 5.97 Å². The van der Waals surface area contributed by atoms with Gasteiger partial charge in [0.2, 0.25) is 0 Å². The van der Waals surface area contributed by atoms with Crippen LogP contribution >= 0.6 is 0 Å². The fraction of sp³-hybridized carbons (Fsp3) is 0.250. The first-order chi connectivity index (χ1) is 6.15. The molecule has 1 heterocycles. The smallest absolute Gasteiger partial charge is 0.326 e. The summed E-state index contributed by atoms with van der Waals surface area (Å²) in [5.41, 5.74) is 5.63. The van der Waals surface area contributed by atoms with Gasteiger partial charge in [0, 0.05) is 12.3 Å². The van der Waals surface area contributed by atoms with Gasteiger partial charge in [-0.2, -0.15) is 0 Å². The number of rotatable bonds is 3. The van der Waals surface area contributed by atoms with Crippen LogP contribution in [0.2, 0.25) is 0 Å². The minimum atomic E-state index is -1.11. The summed E-state index contributed by atoms with van der Waals surface area (Å²) < 4.78 is 4.90. The number of aliphatic carboxylic acids is 1. The second-order valence-corrected chi connectivity index (χ2v) is 2.44. The number of ether oxygens (including phenoxy) is 1. The molecule has 0 aliphatic rings. The molecule has 5 nitrogen and oxygen atoms in total. The predicted molar refractivity (Wildman–Crippen MR) is 45.4 cm³/mol. The summed E-state index contributed by atoms with van der Waals surface area (Å²) in [5, 5.41) is 8.59. The second-order valence-electron chi connectivity index (χ2n) is 2.44. The van der Waals surface area contributed by atoms with Gasteiger partial charge in [0.15, 0.2) is 0 Å². The van der Waals surface area contributed by atoms with Crippen molar-refractivity contribution in [1.29, 1.82) is 0 Å². The quantitative estimate of drug-likeness (QED) is 0.696. The Morgan fingerprint density at radius 3 is 3.00 bits per heavy atom. The minimum absolute atomic E-state index is 0.284. The molecule has 0 bridgehead atoms. The van der Waals surface area contributed by atoms with E-state index in [9.17, 15) is 4.79 Å². The van der Waals surface area contributed by atoms with Crippen LogP contribution in [-0.2, 0) is 4.79 Å². The number of methoxy groups -OCH3 is 1. The zero-order valence-electron chi connectivity index (χ0n) is 7.10. The van der Waals surface area contributed by atoms with E-state index >= 15 is 0 Å². The van der Waals surface area contributed by atoms with Gasteiger partial charge in [0.1, 0.15) is 11.8 Å². The molecule has 5 heteroatoms. The number of carboxylic acid groups (broad SMARTS) is 1. The number of hydrogen-bond donors (Lipinski definition) is 2. The van der Waals surface area contributed by atoms with Crippen LogP contribution in [0.25, 0.3) is 0 Å². The van der Waals surface area contributed by atoms with E-state index in [4.69, 9.17) is 15.6 Å². The van der Waals surface area contributed by atoms with Gasteiger partial charge in [0.25, 0.3) is 0 Å². The van der Waals surface area contributed by atoms with E-state index in [1.165, 1.54) is 19.4 Å². The van der Waals surface area contributed by atoms with E-state index in [0.717, 1.165) is 0 Å². The summed E-state index contributed by atoms with van der Waals surface area (Å²) in [7, 11) is 1.49. The Labute approximate surface area is 75.2 Å². The second kappa shape index (κ2) is 3.86. The number of aromatic nitrogens is 1. The Bertz CT molecular complexity index is 314. The maximum atomic E-state index is 10.5. The normalized spacial score (nSPS) is 12.2. The molecular weight excluding hydrogens is 172 g/mol. The third-order valence-corrected chi connectivity index (χ3v) is 1.57. The molecule has 0 saturated heterocycles. The zero-order chi connectivity index (χ0) is 9.84. The molecule has 0 aliphatic heterocycles. The molecule has 0 aromatic carbocycles. The highest BCUT2D eigenvalue weighted by atomic mass is 16.5. The van der Waals surface area contributed by atoms with Crippen LogP contribution in [0.15, 0.2) is 18.3 Å². The fourth-order valence-corrected chi connectivity index (χ4v) is 0.851. The lowest BCUT2D eigenvalue weighted by Gasteiger charge is -2.06. The molecule has 1 atom stereocenters. The molecular formula is C8H10N2O3. The van der Waals surface area contributed by atoms with Crippen molar-refractivity contribution in [2.24, 2.45) is 5.73 Å². The summed E-state index contributed by atoms with van der Waals surface area (Å²) in [4.78, 5) is 14.3. The van der Waals surface area contributed by atoms with Crippen molar-refractivity contribution in [2.75, 3.05) is 7.11 Å². The molecule has 70 valence electrons. The van der Waals surface area contributed by atoms with E-state index in [1.807, 2.05) is 0 Å². The third-order valence-electron chi connectivity index (χ3n) is 1.57. The number of nitrogens with two attached hydrogens (primary N) is 1. The van der Waals surface area contributed by atoms with Gasteiger partial charge in [-0.15, -0.1) is 0 Å². The first-order valence-electron chi connectivity index (χ1n) is 3.63. The molecule has 0 aliphatic carbocycles. The van der Waals surface area contributed by atoms with Crippen LogP contribution in [0.3, 0.4) is 0 Å². The molecule has 0 spiro atoms. The van der Waals surface area contributed by atoms with Crippen LogP contribution in [0.5, 0.6) is 5.75 Å². The average molecular weight is 182 g/mol. The average Bonchev–Trinajstić information content (AvgIpc) is 2.16. The van der Waals surface area contributed by atoms with E-state index in [0.29, 0.717) is 5.75 Å². The number of carbonyl (C=O) groups is 1. The first kappa shape index (κ1) is 9.47. The van der Waals surface area contributed by atoms with Crippen LogP contribution in [0, 0.1) is 0 Å². The molecule has 0 radical (unpaired) electrons. The minimum Gasteiger partial charge on any atom is -0.497 e. The topological polar surface area (TPSA) is 85.4 Å². The summed E-state index contributed by atoms with van der Waals surface area (Å²) in [6, 6.07) is 2.02. The van der Waals surface area contributed by atoms with Gasteiger partial charge in [-0.3, -0.25) is 9.78 Å². The maximum absolute atomic E-state index is 10.5. The fourth-order valence-electron chi connectivity index (χ4n) is 0.851. The lowest BCUT2D eigenvalue weighted by Crippen LogP contribution is -2.21. The monoisotopic (exact) mass is 182 g/mol. The van der Waals surface area contributed by atoms with Crippen molar-refractivity contribution in [2.45, 2.75) is 6.04 Å². The van der Waals surface area contributed by atoms with Crippen molar-refractivity contribution in [3.63, 3.8) is 0 Å². The molecule has 1 unspecified atom stereocenters. The molecule has 0 fully saturated rings. The Morgan fingerprint density at radius 2 is 2.46 bits per heavy atom.